The van der Waals surface area contributed by atoms with Gasteiger partial charge in [0.1, 0.15) is 11.8 Å². The summed E-state index contributed by atoms with van der Waals surface area (Å²) in [7, 11) is 1.72. The molecule has 4 nitrogen and oxygen atoms in total. The van der Waals surface area contributed by atoms with E-state index < -0.39 is 0 Å². The molecule has 1 aromatic heterocycles. The fourth-order valence-corrected chi connectivity index (χ4v) is 2.18. The minimum Gasteiger partial charge on any atom is -0.311 e. The number of benzene rings is 1. The summed E-state index contributed by atoms with van der Waals surface area (Å²) in [6.45, 7) is 1.95. The normalized spacial score (nSPS) is 9.90. The van der Waals surface area contributed by atoms with Gasteiger partial charge < -0.3 is 4.90 Å². The summed E-state index contributed by atoms with van der Waals surface area (Å²) in [4.78, 5) is 17.9. The smallest absolute Gasteiger partial charge is 0.259 e. The third-order valence-electron chi connectivity index (χ3n) is 2.96. The van der Waals surface area contributed by atoms with Crippen molar-refractivity contribution in [3.63, 3.8) is 0 Å². The molecule has 1 heterocycles. The highest BCUT2D eigenvalue weighted by Crippen LogP contribution is 2.24. The van der Waals surface area contributed by atoms with Gasteiger partial charge in [-0.15, -0.1) is 0 Å². The number of nitriles is 1. The molecule has 0 aliphatic heterocycles. The Morgan fingerprint density at radius 1 is 1.35 bits per heavy atom. The molecule has 0 saturated carbocycles. The van der Waals surface area contributed by atoms with Crippen molar-refractivity contribution in [1.82, 2.24) is 4.98 Å². The molecular formula is C15H12BrN3O. The first-order chi connectivity index (χ1) is 9.52. The summed E-state index contributed by atoms with van der Waals surface area (Å²) < 4.78 is 0.913. The number of amides is 1. The molecule has 2 aromatic rings. The molecule has 0 fully saturated rings. The van der Waals surface area contributed by atoms with E-state index in [1.165, 1.54) is 12.3 Å². The van der Waals surface area contributed by atoms with Crippen LogP contribution in [0.2, 0.25) is 0 Å². The quantitative estimate of drug-likeness (QED) is 0.849. The minimum absolute atomic E-state index is 0.164. The maximum absolute atomic E-state index is 12.4. The molecule has 2 rings (SSSR count). The van der Waals surface area contributed by atoms with Crippen LogP contribution in [0.4, 0.5) is 5.69 Å². The number of aryl methyl sites for hydroxylation is 1. The van der Waals surface area contributed by atoms with Gasteiger partial charge in [0.15, 0.2) is 0 Å². The van der Waals surface area contributed by atoms with E-state index in [0.29, 0.717) is 11.3 Å². The number of rotatable bonds is 2. The van der Waals surface area contributed by atoms with Crippen LogP contribution in [-0.4, -0.2) is 17.9 Å². The maximum atomic E-state index is 12.4. The van der Waals surface area contributed by atoms with Gasteiger partial charge in [-0.3, -0.25) is 4.79 Å². The Morgan fingerprint density at radius 3 is 2.70 bits per heavy atom. The average molecular weight is 330 g/mol. The zero-order valence-electron chi connectivity index (χ0n) is 11.1. The molecule has 0 bridgehead atoms. The molecule has 5 heteroatoms. The molecule has 0 N–H and O–H groups in total. The van der Waals surface area contributed by atoms with E-state index in [0.717, 1.165) is 15.7 Å². The molecule has 0 unspecified atom stereocenters. The first kappa shape index (κ1) is 14.2. The van der Waals surface area contributed by atoms with E-state index in [1.807, 2.05) is 31.2 Å². The molecule has 20 heavy (non-hydrogen) atoms. The lowest BCUT2D eigenvalue weighted by molar-refractivity contribution is 0.0992. The van der Waals surface area contributed by atoms with E-state index in [4.69, 9.17) is 5.26 Å². The van der Waals surface area contributed by atoms with Crippen LogP contribution in [0, 0.1) is 18.3 Å². The Hall–Kier alpha value is -2.19. The van der Waals surface area contributed by atoms with Crippen LogP contribution < -0.4 is 4.90 Å². The molecule has 0 aliphatic carbocycles. The monoisotopic (exact) mass is 329 g/mol. The fourth-order valence-electron chi connectivity index (χ4n) is 1.83. The molecule has 0 spiro atoms. The summed E-state index contributed by atoms with van der Waals surface area (Å²) >= 11 is 3.40. The molecular weight excluding hydrogens is 318 g/mol. The van der Waals surface area contributed by atoms with Crippen LogP contribution in [0.3, 0.4) is 0 Å². The van der Waals surface area contributed by atoms with Gasteiger partial charge in [-0.2, -0.15) is 5.26 Å². The van der Waals surface area contributed by atoms with Gasteiger partial charge in [0.2, 0.25) is 0 Å². The lowest BCUT2D eigenvalue weighted by Gasteiger charge is -2.19. The fraction of sp³-hybridized carbons (Fsp3) is 0.133. The molecule has 1 amide bonds. The van der Waals surface area contributed by atoms with Crippen molar-refractivity contribution in [2.75, 3.05) is 11.9 Å². The summed E-state index contributed by atoms with van der Waals surface area (Å²) in [5, 5.41) is 8.71. The number of carbonyl (C=O) groups is 1. The van der Waals surface area contributed by atoms with Crippen LogP contribution in [0.15, 0.2) is 41.0 Å². The topological polar surface area (TPSA) is 57.0 Å². The molecule has 0 aliphatic rings. The van der Waals surface area contributed by atoms with Gasteiger partial charge >= 0.3 is 0 Å². The second-order valence-corrected chi connectivity index (χ2v) is 5.25. The van der Waals surface area contributed by atoms with Gasteiger partial charge in [0, 0.05) is 23.4 Å². The van der Waals surface area contributed by atoms with E-state index in [-0.39, 0.29) is 5.91 Å². The minimum atomic E-state index is -0.164. The highest BCUT2D eigenvalue weighted by Gasteiger charge is 2.15. The highest BCUT2D eigenvalue weighted by atomic mass is 79.9. The molecule has 100 valence electrons. The Balaban J connectivity index is 2.32. The van der Waals surface area contributed by atoms with Crippen LogP contribution in [0.1, 0.15) is 21.6 Å². The summed E-state index contributed by atoms with van der Waals surface area (Å²) in [5.41, 5.74) is 2.58. The van der Waals surface area contributed by atoms with Gasteiger partial charge in [-0.05, 0) is 36.8 Å². The highest BCUT2D eigenvalue weighted by molar-refractivity contribution is 9.10. The van der Waals surface area contributed by atoms with Crippen LogP contribution in [0.25, 0.3) is 0 Å². The lowest BCUT2D eigenvalue weighted by atomic mass is 10.1. The molecule has 0 saturated heterocycles. The van der Waals surface area contributed by atoms with Crippen LogP contribution in [-0.2, 0) is 0 Å². The van der Waals surface area contributed by atoms with Crippen molar-refractivity contribution in [2.24, 2.45) is 0 Å². The zero-order chi connectivity index (χ0) is 14.7. The Morgan fingerprint density at radius 2 is 2.10 bits per heavy atom. The van der Waals surface area contributed by atoms with Crippen molar-refractivity contribution >= 4 is 27.5 Å². The Labute approximate surface area is 125 Å². The van der Waals surface area contributed by atoms with Crippen molar-refractivity contribution in [3.8, 4) is 6.07 Å². The maximum Gasteiger partial charge on any atom is 0.259 e. The second-order valence-electron chi connectivity index (χ2n) is 4.34. The number of aromatic nitrogens is 1. The van der Waals surface area contributed by atoms with E-state index in [9.17, 15) is 4.79 Å². The predicted molar refractivity (Wildman–Crippen MR) is 80.6 cm³/mol. The summed E-state index contributed by atoms with van der Waals surface area (Å²) in [6, 6.07) is 10.8. The second kappa shape index (κ2) is 5.85. The first-order valence-corrected chi connectivity index (χ1v) is 6.72. The number of nitrogens with zero attached hydrogens (tertiary/aromatic N) is 3. The van der Waals surface area contributed by atoms with Crippen molar-refractivity contribution in [1.29, 1.82) is 5.26 Å². The predicted octanol–water partition coefficient (Wildman–Crippen LogP) is 3.30. The zero-order valence-corrected chi connectivity index (χ0v) is 12.7. The van der Waals surface area contributed by atoms with Gasteiger partial charge in [0.25, 0.3) is 5.91 Å². The van der Waals surface area contributed by atoms with Gasteiger partial charge in [-0.1, -0.05) is 22.0 Å². The number of halogens is 1. The number of carbonyl (C=O) groups excluding carboxylic acids is 1. The van der Waals surface area contributed by atoms with Crippen molar-refractivity contribution < 1.29 is 4.79 Å². The average Bonchev–Trinajstić information content (AvgIpc) is 2.48. The van der Waals surface area contributed by atoms with E-state index >= 15 is 0 Å². The third-order valence-corrected chi connectivity index (χ3v) is 3.46. The molecule has 0 radical (unpaired) electrons. The third kappa shape index (κ3) is 2.86. The standard InChI is InChI=1S/C15H12BrN3O/c1-10-3-5-12(16)7-14(10)19(2)15(20)11-4-6-13(8-17)18-9-11/h3-7,9H,1-2H3. The van der Waals surface area contributed by atoms with Crippen LogP contribution >= 0.6 is 15.9 Å². The number of anilines is 1. The summed E-state index contributed by atoms with van der Waals surface area (Å²) in [6.07, 6.45) is 1.42. The number of hydrogen-bond acceptors (Lipinski definition) is 3. The van der Waals surface area contributed by atoms with Gasteiger partial charge in [0.05, 0.1) is 5.56 Å². The van der Waals surface area contributed by atoms with E-state index in [1.54, 1.807) is 18.0 Å². The Bertz CT molecular complexity index is 689. The van der Waals surface area contributed by atoms with Crippen molar-refractivity contribution in [3.05, 3.63) is 57.8 Å². The SMILES string of the molecule is Cc1ccc(Br)cc1N(C)C(=O)c1ccc(C#N)nc1. The number of pyridine rings is 1. The largest absolute Gasteiger partial charge is 0.311 e. The molecule has 0 atom stereocenters. The van der Waals surface area contributed by atoms with Crippen molar-refractivity contribution in [2.45, 2.75) is 6.92 Å². The van der Waals surface area contributed by atoms with Gasteiger partial charge in [-0.25, -0.2) is 4.98 Å². The lowest BCUT2D eigenvalue weighted by Crippen LogP contribution is -2.27. The van der Waals surface area contributed by atoms with E-state index in [2.05, 4.69) is 20.9 Å². The van der Waals surface area contributed by atoms with Crippen LogP contribution in [0.5, 0.6) is 0 Å². The molecule has 1 aromatic carbocycles. The number of hydrogen-bond donors (Lipinski definition) is 0. The first-order valence-electron chi connectivity index (χ1n) is 5.93. The summed E-state index contributed by atoms with van der Waals surface area (Å²) in [5.74, 6) is -0.164. The Kier molecular flexibility index (Phi) is 4.16.